The first kappa shape index (κ1) is 37.0. The lowest BCUT2D eigenvalue weighted by Crippen LogP contribution is -2.51. The van der Waals surface area contributed by atoms with Crippen LogP contribution in [0.3, 0.4) is 0 Å². The molecule has 6 nitrogen and oxygen atoms in total. The van der Waals surface area contributed by atoms with E-state index in [1.807, 2.05) is 41.5 Å². The fourth-order valence-electron chi connectivity index (χ4n) is 4.62. The van der Waals surface area contributed by atoms with Crippen LogP contribution in [0.25, 0.3) is 0 Å². The highest BCUT2D eigenvalue weighted by molar-refractivity contribution is 5.89. The molecule has 0 aliphatic carbocycles. The molecule has 0 fully saturated rings. The van der Waals surface area contributed by atoms with E-state index in [1.54, 1.807) is 5.32 Å². The van der Waals surface area contributed by atoms with Crippen LogP contribution in [0.1, 0.15) is 113 Å². The van der Waals surface area contributed by atoms with Crippen molar-refractivity contribution in [3.8, 4) is 0 Å². The lowest BCUT2D eigenvalue weighted by atomic mass is 9.91. The Bertz CT molecular complexity index is 875. The minimum absolute atomic E-state index is 0.108. The molecule has 0 spiro atoms. The molecule has 0 bridgehead atoms. The molecule has 1 aromatic rings. The van der Waals surface area contributed by atoms with Gasteiger partial charge in [-0.15, -0.1) is 0 Å². The summed E-state index contributed by atoms with van der Waals surface area (Å²) in [4.78, 5) is 12.1. The largest absolute Gasteiger partial charge is 0.338 e. The van der Waals surface area contributed by atoms with Gasteiger partial charge in [0.05, 0.1) is 18.3 Å². The minimum atomic E-state index is -2.29. The van der Waals surface area contributed by atoms with Crippen molar-refractivity contribution in [1.82, 2.24) is 5.32 Å². The zero-order valence-electron chi connectivity index (χ0n) is 25.6. The minimum Gasteiger partial charge on any atom is -0.338 e. The summed E-state index contributed by atoms with van der Waals surface area (Å²) in [5, 5.41) is 4.12. The molecule has 1 rings (SSSR count). The molecular weight excluding hydrogens is 547 g/mol. The van der Waals surface area contributed by atoms with Crippen molar-refractivity contribution in [2.45, 2.75) is 137 Å². The summed E-state index contributed by atoms with van der Waals surface area (Å²) in [6.45, 7) is 13.9. The number of ether oxygens (including phenoxy) is 3. The number of rotatable bonds is 20. The summed E-state index contributed by atoms with van der Waals surface area (Å²) < 4.78 is 86.9. The third-order valence-corrected chi connectivity index (χ3v) is 6.32. The Morgan fingerprint density at radius 2 is 1.07 bits per heavy atom. The molecule has 0 aromatic heterocycles. The zero-order valence-corrected chi connectivity index (χ0v) is 25.6. The highest BCUT2D eigenvalue weighted by Crippen LogP contribution is 2.37. The van der Waals surface area contributed by atoms with Crippen LogP contribution in [-0.2, 0) is 14.2 Å². The van der Waals surface area contributed by atoms with Crippen LogP contribution in [0.5, 0.6) is 0 Å². The second-order valence-corrected chi connectivity index (χ2v) is 11.2. The third kappa shape index (κ3) is 12.4. The number of carbonyl (C=O) groups is 1. The molecule has 0 aliphatic rings. The molecule has 238 valence electrons. The number of nitrogens with one attached hydrogen (secondary N) is 2. The number of carbonyl (C=O) groups excluding carboxylic acids is 1. The number of benzene rings is 1. The van der Waals surface area contributed by atoms with Crippen molar-refractivity contribution in [1.29, 1.82) is 0 Å². The molecule has 11 heteroatoms. The molecule has 41 heavy (non-hydrogen) atoms. The van der Waals surface area contributed by atoms with Gasteiger partial charge in [-0.3, -0.25) is 0 Å². The molecule has 0 saturated carbocycles. The average molecular weight is 597 g/mol. The first-order chi connectivity index (χ1) is 19.3. The van der Waals surface area contributed by atoms with E-state index in [0.29, 0.717) is 19.3 Å². The van der Waals surface area contributed by atoms with E-state index in [0.717, 1.165) is 25.7 Å². The Morgan fingerprint density at radius 1 is 0.659 bits per heavy atom. The lowest BCUT2D eigenvalue weighted by Gasteiger charge is -2.43. The Morgan fingerprint density at radius 3 is 1.54 bits per heavy atom. The van der Waals surface area contributed by atoms with E-state index >= 15 is 0 Å². The highest BCUT2D eigenvalue weighted by Gasteiger charge is 2.44. The van der Waals surface area contributed by atoms with Crippen molar-refractivity contribution in [3.05, 3.63) is 29.1 Å². The first-order valence-corrected chi connectivity index (χ1v) is 14.8. The fourth-order valence-corrected chi connectivity index (χ4v) is 4.62. The van der Waals surface area contributed by atoms with Crippen LogP contribution >= 0.6 is 0 Å². The highest BCUT2D eigenvalue weighted by atomic mass is 19.2. The number of halogens is 5. The quantitative estimate of drug-likeness (QED) is 0.0518. The maximum absolute atomic E-state index is 13.9. The molecule has 1 aromatic carbocycles. The normalized spacial score (nSPS) is 13.0. The van der Waals surface area contributed by atoms with Crippen molar-refractivity contribution in [2.75, 3.05) is 11.9 Å². The number of anilines is 1. The maximum atomic E-state index is 13.9. The Labute approximate surface area is 242 Å². The van der Waals surface area contributed by atoms with Gasteiger partial charge in [-0.25, -0.2) is 26.7 Å². The predicted octanol–water partition coefficient (Wildman–Crippen LogP) is 8.97. The zero-order chi connectivity index (χ0) is 31.2. The summed E-state index contributed by atoms with van der Waals surface area (Å²) in [6, 6.07) is -1.08. The number of hydrogen-bond donors (Lipinski definition) is 2. The van der Waals surface area contributed by atoms with E-state index in [1.165, 1.54) is 19.3 Å². The van der Waals surface area contributed by atoms with Crippen LogP contribution < -0.4 is 10.6 Å². The molecule has 0 aliphatic heterocycles. The standard InChI is InChI=1S/C30H49F5N2O4/c1-8-9-10-11-12-13-16-22(30(39-19(2)3,40-20(4)5)41-21(6)7)17-14-15-18-36-29(38)37-28-26(34)24(32)23(31)25(33)27(28)35/h19-22H,8-18H2,1-7H3,(H2,36,37,38). The van der Waals surface area contributed by atoms with Gasteiger partial charge in [0.25, 0.3) is 5.97 Å². The molecule has 1 unspecified atom stereocenters. The van der Waals surface area contributed by atoms with Gasteiger partial charge in [-0.2, -0.15) is 0 Å². The van der Waals surface area contributed by atoms with Crippen molar-refractivity contribution in [3.63, 3.8) is 0 Å². The van der Waals surface area contributed by atoms with E-state index in [9.17, 15) is 26.7 Å². The van der Waals surface area contributed by atoms with Crippen molar-refractivity contribution < 1.29 is 41.0 Å². The number of unbranched alkanes of at least 4 members (excludes halogenated alkanes) is 6. The first-order valence-electron chi connectivity index (χ1n) is 14.8. The van der Waals surface area contributed by atoms with Gasteiger partial charge in [-0.1, -0.05) is 51.9 Å². The molecule has 0 saturated heterocycles. The van der Waals surface area contributed by atoms with Gasteiger partial charge >= 0.3 is 6.03 Å². The van der Waals surface area contributed by atoms with Crippen LogP contribution in [0.2, 0.25) is 0 Å². The van der Waals surface area contributed by atoms with Gasteiger partial charge in [0, 0.05) is 12.5 Å². The van der Waals surface area contributed by atoms with Crippen molar-refractivity contribution >= 4 is 11.7 Å². The number of hydrogen-bond acceptors (Lipinski definition) is 4. The Kier molecular flexibility index (Phi) is 16.7. The second-order valence-electron chi connectivity index (χ2n) is 11.2. The van der Waals surface area contributed by atoms with Gasteiger partial charge in [-0.05, 0) is 60.8 Å². The van der Waals surface area contributed by atoms with Crippen LogP contribution in [0.4, 0.5) is 32.4 Å². The lowest BCUT2D eigenvalue weighted by molar-refractivity contribution is -0.433. The van der Waals surface area contributed by atoms with Crippen molar-refractivity contribution in [2.24, 2.45) is 5.92 Å². The number of urea groups is 1. The van der Waals surface area contributed by atoms with Gasteiger partial charge in [0.2, 0.25) is 5.82 Å². The SMILES string of the molecule is CCCCCCCCC(CCCCNC(=O)Nc1c(F)c(F)c(F)c(F)c1F)C(OC(C)C)(OC(C)C)OC(C)C. The molecule has 0 radical (unpaired) electrons. The topological polar surface area (TPSA) is 68.8 Å². The summed E-state index contributed by atoms with van der Waals surface area (Å²) in [5.74, 6) is -12.1. The number of amides is 2. The third-order valence-electron chi connectivity index (χ3n) is 6.32. The summed E-state index contributed by atoms with van der Waals surface area (Å²) in [6.07, 6.45) is 8.89. The molecule has 1 atom stereocenters. The van der Waals surface area contributed by atoms with E-state index in [2.05, 4.69) is 12.2 Å². The smallest absolute Gasteiger partial charge is 0.319 e. The van der Waals surface area contributed by atoms with Crippen LogP contribution in [-0.4, -0.2) is 36.9 Å². The van der Waals surface area contributed by atoms with Gasteiger partial charge in [0.15, 0.2) is 23.3 Å². The van der Waals surface area contributed by atoms with Crippen LogP contribution in [0.15, 0.2) is 0 Å². The second kappa shape index (κ2) is 18.5. The van der Waals surface area contributed by atoms with Crippen LogP contribution in [0, 0.1) is 35.0 Å². The van der Waals surface area contributed by atoms with E-state index in [-0.39, 0.29) is 30.8 Å². The van der Waals surface area contributed by atoms with E-state index < -0.39 is 46.8 Å². The Hall–Kier alpha value is -1.98. The molecular formula is C30H49F5N2O4. The van der Waals surface area contributed by atoms with E-state index in [4.69, 9.17) is 14.2 Å². The fraction of sp³-hybridized carbons (Fsp3) is 0.767. The average Bonchev–Trinajstić information content (AvgIpc) is 2.88. The van der Waals surface area contributed by atoms with Gasteiger partial charge < -0.3 is 24.8 Å². The Balaban J connectivity index is 2.88. The molecule has 2 amide bonds. The summed E-state index contributed by atoms with van der Waals surface area (Å²) in [7, 11) is 0. The summed E-state index contributed by atoms with van der Waals surface area (Å²) >= 11 is 0. The predicted molar refractivity (Wildman–Crippen MR) is 150 cm³/mol. The molecule has 0 heterocycles. The monoisotopic (exact) mass is 596 g/mol. The maximum Gasteiger partial charge on any atom is 0.319 e. The molecule has 2 N–H and O–H groups in total. The van der Waals surface area contributed by atoms with Gasteiger partial charge in [0.1, 0.15) is 5.69 Å². The summed E-state index contributed by atoms with van der Waals surface area (Å²) in [5.41, 5.74) is -1.40.